The van der Waals surface area contributed by atoms with Crippen molar-refractivity contribution in [3.8, 4) is 5.88 Å². The van der Waals surface area contributed by atoms with Gasteiger partial charge in [-0.25, -0.2) is 4.68 Å². The Labute approximate surface area is 76.2 Å². The summed E-state index contributed by atoms with van der Waals surface area (Å²) < 4.78 is 17.6. The maximum absolute atomic E-state index is 5.41. The highest BCUT2D eigenvalue weighted by Crippen LogP contribution is 2.24. The van der Waals surface area contributed by atoms with Crippen molar-refractivity contribution in [1.82, 2.24) is 9.78 Å². The molecule has 0 atom stereocenters. The number of hydrogen-bond donors (Lipinski definition) is 0. The number of hydrogen-bond acceptors (Lipinski definition) is 4. The lowest BCUT2D eigenvalue weighted by Crippen LogP contribution is -2.47. The minimum absolute atomic E-state index is 0.395. The van der Waals surface area contributed by atoms with Gasteiger partial charge in [-0.15, -0.1) is 0 Å². The van der Waals surface area contributed by atoms with Gasteiger partial charge in [0.1, 0.15) is 13.2 Å². The number of rotatable bonds is 2. The molecule has 0 fully saturated rings. The van der Waals surface area contributed by atoms with Crippen molar-refractivity contribution >= 4 is 0 Å². The number of ether oxygens (including phenoxy) is 3. The zero-order valence-corrected chi connectivity index (χ0v) is 7.69. The highest BCUT2D eigenvalue weighted by molar-refractivity contribution is 5.10. The van der Waals surface area contributed by atoms with Crippen LogP contribution in [-0.2, 0) is 16.0 Å². The van der Waals surface area contributed by atoms with E-state index in [4.69, 9.17) is 14.2 Å². The van der Waals surface area contributed by atoms with Gasteiger partial charge in [-0.1, -0.05) is 0 Å². The van der Waals surface area contributed by atoms with E-state index in [2.05, 4.69) is 5.10 Å². The standard InChI is InChI=1S/C8H12N2O3/c1-11-8(12-2)5-10-7(13-6-8)3-4-9-10/h3-4H,5-6H2,1-2H3. The zero-order chi connectivity index (χ0) is 9.31. The van der Waals surface area contributed by atoms with Crippen LogP contribution in [0.1, 0.15) is 0 Å². The molecule has 2 rings (SSSR count). The molecule has 1 aliphatic rings. The molecule has 0 bridgehead atoms. The first-order valence-corrected chi connectivity index (χ1v) is 4.04. The predicted molar refractivity (Wildman–Crippen MR) is 44.5 cm³/mol. The van der Waals surface area contributed by atoms with E-state index in [0.29, 0.717) is 13.2 Å². The van der Waals surface area contributed by atoms with Crippen molar-refractivity contribution in [1.29, 1.82) is 0 Å². The van der Waals surface area contributed by atoms with Crippen molar-refractivity contribution < 1.29 is 14.2 Å². The molecule has 13 heavy (non-hydrogen) atoms. The fourth-order valence-electron chi connectivity index (χ4n) is 1.35. The average molecular weight is 184 g/mol. The third kappa shape index (κ3) is 1.30. The van der Waals surface area contributed by atoms with Gasteiger partial charge in [-0.05, 0) is 0 Å². The Bertz CT molecular complexity index is 293. The largest absolute Gasteiger partial charge is 0.472 e. The normalized spacial score (nSPS) is 19.2. The summed E-state index contributed by atoms with van der Waals surface area (Å²) in [6.07, 6.45) is 1.69. The summed E-state index contributed by atoms with van der Waals surface area (Å²) in [7, 11) is 3.20. The SMILES string of the molecule is COC1(OC)COc2ccnn2C1. The molecule has 0 saturated heterocycles. The van der Waals surface area contributed by atoms with Crippen LogP contribution in [0.2, 0.25) is 0 Å². The molecule has 0 amide bonds. The van der Waals surface area contributed by atoms with E-state index in [-0.39, 0.29) is 0 Å². The molecule has 72 valence electrons. The molecule has 5 nitrogen and oxygen atoms in total. The second-order valence-electron chi connectivity index (χ2n) is 2.93. The van der Waals surface area contributed by atoms with Crippen LogP contribution >= 0.6 is 0 Å². The Morgan fingerprint density at radius 1 is 1.54 bits per heavy atom. The second-order valence-corrected chi connectivity index (χ2v) is 2.93. The van der Waals surface area contributed by atoms with Gasteiger partial charge in [0, 0.05) is 20.3 Å². The molecule has 1 aliphatic heterocycles. The van der Waals surface area contributed by atoms with Crippen molar-refractivity contribution in [2.24, 2.45) is 0 Å². The van der Waals surface area contributed by atoms with Crippen LogP contribution in [0.15, 0.2) is 12.3 Å². The number of aromatic nitrogens is 2. The molecule has 0 aliphatic carbocycles. The first-order valence-electron chi connectivity index (χ1n) is 4.04. The molecule has 0 N–H and O–H groups in total. The van der Waals surface area contributed by atoms with E-state index >= 15 is 0 Å². The molecule has 2 heterocycles. The summed E-state index contributed by atoms with van der Waals surface area (Å²) in [6, 6.07) is 1.81. The molecule has 1 aromatic heterocycles. The van der Waals surface area contributed by atoms with E-state index in [9.17, 15) is 0 Å². The van der Waals surface area contributed by atoms with Gasteiger partial charge in [0.05, 0.1) is 6.20 Å². The van der Waals surface area contributed by atoms with Crippen molar-refractivity contribution in [2.45, 2.75) is 12.3 Å². The molecular formula is C8H12N2O3. The minimum atomic E-state index is -0.695. The van der Waals surface area contributed by atoms with E-state index in [1.165, 1.54) is 0 Å². The number of methoxy groups -OCH3 is 2. The Hall–Kier alpha value is -1.07. The fraction of sp³-hybridized carbons (Fsp3) is 0.625. The summed E-state index contributed by atoms with van der Waals surface area (Å²) >= 11 is 0. The average Bonchev–Trinajstić information content (AvgIpc) is 2.64. The summed E-state index contributed by atoms with van der Waals surface area (Å²) in [4.78, 5) is 0. The summed E-state index contributed by atoms with van der Waals surface area (Å²) in [5.74, 6) is 0.0590. The second kappa shape index (κ2) is 3.01. The van der Waals surface area contributed by atoms with Gasteiger partial charge in [0.2, 0.25) is 11.7 Å². The van der Waals surface area contributed by atoms with Gasteiger partial charge in [-0.2, -0.15) is 5.10 Å². The van der Waals surface area contributed by atoms with E-state index in [1.807, 2.05) is 6.07 Å². The predicted octanol–water partition coefficient (Wildman–Crippen LogP) is 0.265. The van der Waals surface area contributed by atoms with Crippen molar-refractivity contribution in [3.63, 3.8) is 0 Å². The highest BCUT2D eigenvalue weighted by atomic mass is 16.7. The number of nitrogens with zero attached hydrogens (tertiary/aromatic N) is 2. The molecule has 0 spiro atoms. The summed E-state index contributed by atoms with van der Waals surface area (Å²) in [5, 5.41) is 4.08. The molecule has 0 aromatic carbocycles. The van der Waals surface area contributed by atoms with Gasteiger partial charge in [-0.3, -0.25) is 0 Å². The lowest BCUT2D eigenvalue weighted by Gasteiger charge is -2.34. The van der Waals surface area contributed by atoms with Crippen molar-refractivity contribution in [3.05, 3.63) is 12.3 Å². The molecule has 1 aromatic rings. The van der Waals surface area contributed by atoms with Crippen LogP contribution in [-0.4, -0.2) is 36.4 Å². The molecule has 0 unspecified atom stereocenters. The van der Waals surface area contributed by atoms with Crippen LogP contribution in [0.3, 0.4) is 0 Å². The van der Waals surface area contributed by atoms with Crippen LogP contribution in [0.5, 0.6) is 5.88 Å². The van der Waals surface area contributed by atoms with E-state index in [0.717, 1.165) is 5.88 Å². The summed E-state index contributed by atoms with van der Waals surface area (Å²) in [5.41, 5.74) is 0. The zero-order valence-electron chi connectivity index (χ0n) is 7.69. The Kier molecular flexibility index (Phi) is 1.97. The summed E-state index contributed by atoms with van der Waals surface area (Å²) in [6.45, 7) is 0.952. The van der Waals surface area contributed by atoms with Gasteiger partial charge >= 0.3 is 0 Å². The molecule has 5 heteroatoms. The maximum atomic E-state index is 5.41. The van der Waals surface area contributed by atoms with Crippen molar-refractivity contribution in [2.75, 3.05) is 20.8 Å². The van der Waals surface area contributed by atoms with Crippen LogP contribution in [0.25, 0.3) is 0 Å². The maximum Gasteiger partial charge on any atom is 0.222 e. The van der Waals surface area contributed by atoms with Crippen LogP contribution in [0, 0.1) is 0 Å². The third-order valence-corrected chi connectivity index (χ3v) is 2.25. The van der Waals surface area contributed by atoms with E-state index in [1.54, 1.807) is 25.1 Å². The fourth-order valence-corrected chi connectivity index (χ4v) is 1.35. The topological polar surface area (TPSA) is 45.5 Å². The Morgan fingerprint density at radius 2 is 2.31 bits per heavy atom. The smallest absolute Gasteiger partial charge is 0.222 e. The monoisotopic (exact) mass is 184 g/mol. The van der Waals surface area contributed by atoms with Crippen LogP contribution < -0.4 is 4.74 Å². The minimum Gasteiger partial charge on any atom is -0.472 e. The quantitative estimate of drug-likeness (QED) is 0.619. The number of fused-ring (bicyclic) bond motifs is 1. The van der Waals surface area contributed by atoms with Gasteiger partial charge in [0.15, 0.2) is 0 Å². The lowest BCUT2D eigenvalue weighted by molar-refractivity contribution is -0.242. The molecular weight excluding hydrogens is 172 g/mol. The lowest BCUT2D eigenvalue weighted by atomic mass is 10.2. The first kappa shape index (κ1) is 8.52. The van der Waals surface area contributed by atoms with Crippen LogP contribution in [0.4, 0.5) is 0 Å². The van der Waals surface area contributed by atoms with Gasteiger partial charge < -0.3 is 14.2 Å². The molecule has 0 radical (unpaired) electrons. The molecule has 0 saturated carbocycles. The Morgan fingerprint density at radius 3 is 3.00 bits per heavy atom. The third-order valence-electron chi connectivity index (χ3n) is 2.25. The first-order chi connectivity index (χ1) is 6.29. The van der Waals surface area contributed by atoms with Gasteiger partial charge in [0.25, 0.3) is 0 Å². The highest BCUT2D eigenvalue weighted by Gasteiger charge is 2.36. The Balaban J connectivity index is 2.24. The van der Waals surface area contributed by atoms with E-state index < -0.39 is 5.79 Å².